The van der Waals surface area contributed by atoms with E-state index in [0.717, 1.165) is 19.3 Å². The van der Waals surface area contributed by atoms with Gasteiger partial charge in [-0.1, -0.05) is 24.9 Å². The van der Waals surface area contributed by atoms with E-state index < -0.39 is 0 Å². The minimum absolute atomic E-state index is 0.0760. The van der Waals surface area contributed by atoms with Crippen molar-refractivity contribution in [2.24, 2.45) is 5.11 Å². The molecule has 0 saturated heterocycles. The summed E-state index contributed by atoms with van der Waals surface area (Å²) in [6.07, 6.45) is 3.75. The van der Waals surface area contributed by atoms with Crippen molar-refractivity contribution >= 4 is 5.91 Å². The van der Waals surface area contributed by atoms with Crippen LogP contribution in [0.15, 0.2) is 5.11 Å². The zero-order valence-electron chi connectivity index (χ0n) is 9.81. The number of carbonyl (C=O) groups excluding carboxylic acids is 1. The Balaban J connectivity index is 3.17. The van der Waals surface area contributed by atoms with Crippen LogP contribution in [-0.2, 0) is 9.53 Å². The van der Waals surface area contributed by atoms with Gasteiger partial charge in [0.25, 0.3) is 0 Å². The van der Waals surface area contributed by atoms with Crippen molar-refractivity contribution in [1.29, 1.82) is 0 Å². The summed E-state index contributed by atoms with van der Waals surface area (Å²) in [5, 5.41) is 6.09. The van der Waals surface area contributed by atoms with E-state index in [2.05, 4.69) is 22.3 Å². The van der Waals surface area contributed by atoms with Gasteiger partial charge < -0.3 is 10.1 Å². The van der Waals surface area contributed by atoms with E-state index in [1.807, 2.05) is 0 Å². The minimum atomic E-state index is 0.0760. The predicted molar refractivity (Wildman–Crippen MR) is 62.0 cm³/mol. The van der Waals surface area contributed by atoms with Crippen LogP contribution in [0.3, 0.4) is 0 Å². The molecule has 1 N–H and O–H groups in total. The molecule has 0 heterocycles. The first kappa shape index (κ1) is 14.7. The Hall–Kier alpha value is -1.26. The number of carbonyl (C=O) groups is 1. The average molecular weight is 228 g/mol. The second-order valence-corrected chi connectivity index (χ2v) is 3.37. The third-order valence-corrected chi connectivity index (χ3v) is 1.97. The zero-order chi connectivity index (χ0) is 12.1. The van der Waals surface area contributed by atoms with Crippen LogP contribution in [-0.4, -0.2) is 32.2 Å². The summed E-state index contributed by atoms with van der Waals surface area (Å²) in [5.41, 5.74) is 7.99. The smallest absolute Gasteiger partial charge is 0.220 e. The Bertz CT molecular complexity index is 227. The molecular weight excluding hydrogens is 208 g/mol. The number of amides is 1. The Labute approximate surface area is 96.0 Å². The minimum Gasteiger partial charge on any atom is -0.379 e. The van der Waals surface area contributed by atoms with Crippen LogP contribution in [0.2, 0.25) is 0 Å². The molecule has 0 rings (SSSR count). The summed E-state index contributed by atoms with van der Waals surface area (Å²) < 4.78 is 5.13. The topological polar surface area (TPSA) is 87.1 Å². The molecule has 0 aromatic heterocycles. The van der Waals surface area contributed by atoms with Gasteiger partial charge in [0.2, 0.25) is 5.91 Å². The fourth-order valence-corrected chi connectivity index (χ4v) is 1.14. The third-order valence-electron chi connectivity index (χ3n) is 1.97. The number of azide groups is 1. The molecule has 0 aromatic rings. The largest absolute Gasteiger partial charge is 0.379 e. The zero-order valence-corrected chi connectivity index (χ0v) is 9.81. The van der Waals surface area contributed by atoms with E-state index >= 15 is 0 Å². The highest BCUT2D eigenvalue weighted by Crippen LogP contribution is 1.97. The summed E-state index contributed by atoms with van der Waals surface area (Å²) in [5.74, 6) is 0.0760. The molecule has 0 saturated carbocycles. The van der Waals surface area contributed by atoms with Gasteiger partial charge in [-0.3, -0.25) is 4.79 Å². The molecule has 0 spiro atoms. The number of hydrogen-bond donors (Lipinski definition) is 1. The maximum Gasteiger partial charge on any atom is 0.220 e. The Morgan fingerprint density at radius 3 is 2.94 bits per heavy atom. The third kappa shape index (κ3) is 10.8. The second-order valence-electron chi connectivity index (χ2n) is 3.37. The van der Waals surface area contributed by atoms with E-state index in [0.29, 0.717) is 32.7 Å². The van der Waals surface area contributed by atoms with Crippen LogP contribution in [0.4, 0.5) is 0 Å². The van der Waals surface area contributed by atoms with Crippen molar-refractivity contribution in [1.82, 2.24) is 5.32 Å². The van der Waals surface area contributed by atoms with E-state index in [4.69, 9.17) is 10.3 Å². The molecule has 0 aliphatic heterocycles. The van der Waals surface area contributed by atoms with E-state index in [1.54, 1.807) is 0 Å². The van der Waals surface area contributed by atoms with Gasteiger partial charge in [-0.2, -0.15) is 0 Å². The quantitative estimate of drug-likeness (QED) is 0.268. The fourth-order valence-electron chi connectivity index (χ4n) is 1.14. The molecule has 0 atom stereocenters. The number of nitrogens with zero attached hydrogens (tertiary/aromatic N) is 3. The van der Waals surface area contributed by atoms with Gasteiger partial charge >= 0.3 is 0 Å². The van der Waals surface area contributed by atoms with Gasteiger partial charge in [0.05, 0.1) is 13.2 Å². The number of unbranched alkanes of at least 4 members (excludes halogenated alkanes) is 2. The first-order valence-electron chi connectivity index (χ1n) is 5.66. The van der Waals surface area contributed by atoms with Gasteiger partial charge in [0, 0.05) is 24.4 Å². The van der Waals surface area contributed by atoms with Gasteiger partial charge in [-0.15, -0.1) is 0 Å². The molecule has 0 unspecified atom stereocenters. The van der Waals surface area contributed by atoms with Crippen LogP contribution < -0.4 is 5.32 Å². The molecule has 6 heteroatoms. The van der Waals surface area contributed by atoms with Crippen molar-refractivity contribution in [3.05, 3.63) is 10.4 Å². The van der Waals surface area contributed by atoms with Gasteiger partial charge in [0.15, 0.2) is 0 Å². The van der Waals surface area contributed by atoms with Crippen LogP contribution in [0.1, 0.15) is 32.6 Å². The highest BCUT2D eigenvalue weighted by atomic mass is 16.5. The van der Waals surface area contributed by atoms with E-state index in [-0.39, 0.29) is 5.91 Å². The number of nitrogens with one attached hydrogen (secondary N) is 1. The Kier molecular flexibility index (Phi) is 10.9. The lowest BCUT2D eigenvalue weighted by atomic mass is 10.2. The lowest BCUT2D eigenvalue weighted by Gasteiger charge is -2.05. The fraction of sp³-hybridized carbons (Fsp3) is 0.900. The van der Waals surface area contributed by atoms with Gasteiger partial charge in [-0.25, -0.2) is 0 Å². The predicted octanol–water partition coefficient (Wildman–Crippen LogP) is 2.01. The molecule has 0 fully saturated rings. The standard InChI is InChI=1S/C10H20N4O2/c1-2-3-4-5-10(15)12-6-8-16-9-7-13-14-11/h2-9H2,1H3,(H,12,15). The van der Waals surface area contributed by atoms with E-state index in [1.165, 1.54) is 0 Å². The lowest BCUT2D eigenvalue weighted by Crippen LogP contribution is -2.27. The molecular formula is C10H20N4O2. The highest BCUT2D eigenvalue weighted by molar-refractivity contribution is 5.75. The van der Waals surface area contributed by atoms with Crippen molar-refractivity contribution in [2.75, 3.05) is 26.3 Å². The molecule has 92 valence electrons. The molecule has 0 bridgehead atoms. The number of ether oxygens (including phenoxy) is 1. The summed E-state index contributed by atoms with van der Waals surface area (Å²) in [6, 6.07) is 0. The van der Waals surface area contributed by atoms with Crippen LogP contribution >= 0.6 is 0 Å². The Morgan fingerprint density at radius 2 is 2.25 bits per heavy atom. The first-order chi connectivity index (χ1) is 7.81. The number of rotatable bonds is 10. The molecule has 0 aromatic carbocycles. The molecule has 16 heavy (non-hydrogen) atoms. The summed E-state index contributed by atoms with van der Waals surface area (Å²) >= 11 is 0. The molecule has 6 nitrogen and oxygen atoms in total. The molecule has 1 amide bonds. The number of hydrogen-bond acceptors (Lipinski definition) is 3. The van der Waals surface area contributed by atoms with Gasteiger partial charge in [-0.05, 0) is 12.0 Å². The SMILES string of the molecule is CCCCCC(=O)NCCOCCN=[N+]=[N-]. The monoisotopic (exact) mass is 228 g/mol. The molecule has 0 radical (unpaired) electrons. The van der Waals surface area contributed by atoms with E-state index in [9.17, 15) is 4.79 Å². The van der Waals surface area contributed by atoms with Crippen LogP contribution in [0.5, 0.6) is 0 Å². The van der Waals surface area contributed by atoms with Crippen molar-refractivity contribution in [3.63, 3.8) is 0 Å². The summed E-state index contributed by atoms with van der Waals surface area (Å²) in [6.45, 7) is 3.81. The average Bonchev–Trinajstić information content (AvgIpc) is 2.28. The Morgan fingerprint density at radius 1 is 1.44 bits per heavy atom. The highest BCUT2D eigenvalue weighted by Gasteiger charge is 1.98. The van der Waals surface area contributed by atoms with Gasteiger partial charge in [0.1, 0.15) is 0 Å². The lowest BCUT2D eigenvalue weighted by molar-refractivity contribution is -0.121. The maximum atomic E-state index is 11.2. The van der Waals surface area contributed by atoms with Crippen molar-refractivity contribution in [3.8, 4) is 0 Å². The summed E-state index contributed by atoms with van der Waals surface area (Å²) in [4.78, 5) is 13.8. The second kappa shape index (κ2) is 11.8. The van der Waals surface area contributed by atoms with Crippen molar-refractivity contribution < 1.29 is 9.53 Å². The molecule has 0 aliphatic carbocycles. The molecule has 0 aliphatic rings. The van der Waals surface area contributed by atoms with Crippen molar-refractivity contribution in [2.45, 2.75) is 32.6 Å². The summed E-state index contributed by atoms with van der Waals surface area (Å²) in [7, 11) is 0. The maximum absolute atomic E-state index is 11.2. The normalized spacial score (nSPS) is 9.56. The van der Waals surface area contributed by atoms with Crippen LogP contribution in [0, 0.1) is 0 Å². The van der Waals surface area contributed by atoms with Crippen LogP contribution in [0.25, 0.3) is 10.4 Å². The first-order valence-corrected chi connectivity index (χ1v) is 5.66.